The van der Waals surface area contributed by atoms with E-state index in [0.717, 1.165) is 25.1 Å². The van der Waals surface area contributed by atoms with Gasteiger partial charge in [-0.1, -0.05) is 17.7 Å². The number of ether oxygens (including phenoxy) is 2. The Bertz CT molecular complexity index is 856. The first-order valence-corrected chi connectivity index (χ1v) is 8.09. The molecular formula is C18H17ClF2N2O4. The molecule has 0 aliphatic heterocycles. The maximum Gasteiger partial charge on any atom is 0.244 e. The van der Waals surface area contributed by atoms with Crippen LogP contribution < -0.4 is 19.7 Å². The first-order chi connectivity index (χ1) is 12.8. The minimum absolute atomic E-state index is 0.223. The lowest BCUT2D eigenvalue weighted by Gasteiger charge is -2.22. The van der Waals surface area contributed by atoms with Crippen molar-refractivity contribution in [1.82, 2.24) is 0 Å². The van der Waals surface area contributed by atoms with Crippen LogP contribution in [0.4, 0.5) is 20.2 Å². The van der Waals surface area contributed by atoms with E-state index in [9.17, 15) is 18.4 Å². The summed E-state index contributed by atoms with van der Waals surface area (Å²) in [5.41, 5.74) is -0.373. The van der Waals surface area contributed by atoms with Crippen molar-refractivity contribution in [3.8, 4) is 11.5 Å². The second-order valence-corrected chi connectivity index (χ2v) is 5.82. The van der Waals surface area contributed by atoms with Gasteiger partial charge in [0, 0.05) is 19.1 Å². The molecule has 2 aromatic rings. The molecule has 0 saturated carbocycles. The van der Waals surface area contributed by atoms with E-state index >= 15 is 0 Å². The fourth-order valence-electron chi connectivity index (χ4n) is 2.39. The highest BCUT2D eigenvalue weighted by Crippen LogP contribution is 2.36. The molecule has 27 heavy (non-hydrogen) atoms. The predicted octanol–water partition coefficient (Wildman–Crippen LogP) is 3.63. The van der Waals surface area contributed by atoms with E-state index in [4.69, 9.17) is 21.1 Å². The molecule has 9 heteroatoms. The molecule has 0 aliphatic rings. The SMILES string of the molecule is COc1cc(NC(=O)CN(C(C)=O)c2c(F)cccc2F)c(OC)cc1Cl. The molecule has 0 spiro atoms. The number of anilines is 2. The van der Waals surface area contributed by atoms with Crippen molar-refractivity contribution < 1.29 is 27.8 Å². The topological polar surface area (TPSA) is 67.9 Å². The molecule has 1 N–H and O–H groups in total. The Morgan fingerprint density at radius 1 is 1.11 bits per heavy atom. The summed E-state index contributed by atoms with van der Waals surface area (Å²) in [6, 6.07) is 6.03. The average Bonchev–Trinajstić information content (AvgIpc) is 2.61. The summed E-state index contributed by atoms with van der Waals surface area (Å²) >= 11 is 6.00. The Labute approximate surface area is 159 Å². The Morgan fingerprint density at radius 2 is 1.70 bits per heavy atom. The summed E-state index contributed by atoms with van der Waals surface area (Å²) in [6.45, 7) is 0.492. The zero-order valence-electron chi connectivity index (χ0n) is 14.8. The third-order valence-corrected chi connectivity index (χ3v) is 3.93. The molecule has 0 heterocycles. The Morgan fingerprint density at radius 3 is 2.22 bits per heavy atom. The summed E-state index contributed by atoms with van der Waals surface area (Å²) in [4.78, 5) is 25.0. The van der Waals surface area contributed by atoms with Crippen molar-refractivity contribution in [1.29, 1.82) is 0 Å². The van der Waals surface area contributed by atoms with Crippen LogP contribution in [0.3, 0.4) is 0 Å². The minimum atomic E-state index is -0.955. The van der Waals surface area contributed by atoms with Crippen LogP contribution in [0.5, 0.6) is 11.5 Å². The number of carbonyl (C=O) groups excluding carboxylic acids is 2. The van der Waals surface area contributed by atoms with E-state index in [2.05, 4.69) is 5.32 Å². The first-order valence-electron chi connectivity index (χ1n) is 7.72. The molecule has 0 atom stereocenters. The number of methoxy groups -OCH3 is 2. The number of halogens is 3. The summed E-state index contributed by atoms with van der Waals surface area (Å²) in [6.07, 6.45) is 0. The number of rotatable bonds is 6. The number of nitrogens with one attached hydrogen (secondary N) is 1. The van der Waals surface area contributed by atoms with Crippen LogP contribution in [-0.2, 0) is 9.59 Å². The highest BCUT2D eigenvalue weighted by molar-refractivity contribution is 6.32. The van der Waals surface area contributed by atoms with E-state index in [0.29, 0.717) is 4.90 Å². The summed E-state index contributed by atoms with van der Waals surface area (Å²) < 4.78 is 38.2. The fourth-order valence-corrected chi connectivity index (χ4v) is 2.62. The molecule has 2 aromatic carbocycles. The number of carbonyl (C=O) groups is 2. The highest BCUT2D eigenvalue weighted by Gasteiger charge is 2.23. The van der Waals surface area contributed by atoms with Crippen molar-refractivity contribution >= 4 is 34.8 Å². The zero-order chi connectivity index (χ0) is 20.1. The molecule has 2 amide bonds. The van der Waals surface area contributed by atoms with E-state index in [1.165, 1.54) is 26.4 Å². The number of hydrogen-bond acceptors (Lipinski definition) is 4. The van der Waals surface area contributed by atoms with Crippen molar-refractivity contribution in [2.45, 2.75) is 6.92 Å². The van der Waals surface area contributed by atoms with Gasteiger partial charge >= 0.3 is 0 Å². The van der Waals surface area contributed by atoms with Gasteiger partial charge in [0.2, 0.25) is 11.8 Å². The molecule has 0 bridgehead atoms. The maximum absolute atomic E-state index is 14.0. The third-order valence-electron chi connectivity index (χ3n) is 3.64. The van der Waals surface area contributed by atoms with Crippen LogP contribution in [0.15, 0.2) is 30.3 Å². The van der Waals surface area contributed by atoms with Gasteiger partial charge in [0.1, 0.15) is 35.4 Å². The number of para-hydroxylation sites is 1. The van der Waals surface area contributed by atoms with Gasteiger partial charge in [-0.15, -0.1) is 0 Å². The van der Waals surface area contributed by atoms with Crippen LogP contribution in [0.25, 0.3) is 0 Å². The van der Waals surface area contributed by atoms with Crippen LogP contribution >= 0.6 is 11.6 Å². The lowest BCUT2D eigenvalue weighted by Crippen LogP contribution is -2.37. The monoisotopic (exact) mass is 398 g/mol. The standard InChI is InChI=1S/C18H17ClF2N2O4/c1-10(24)23(18-12(20)5-4-6-13(18)21)9-17(25)22-14-8-15(26-2)11(19)7-16(14)27-3/h4-8H,9H2,1-3H3,(H,22,25). The van der Waals surface area contributed by atoms with Crippen molar-refractivity contribution in [3.63, 3.8) is 0 Å². The van der Waals surface area contributed by atoms with Gasteiger partial charge in [-0.05, 0) is 12.1 Å². The van der Waals surface area contributed by atoms with Gasteiger partial charge < -0.3 is 14.8 Å². The van der Waals surface area contributed by atoms with E-state index in [1.54, 1.807) is 0 Å². The zero-order valence-corrected chi connectivity index (χ0v) is 15.6. The normalized spacial score (nSPS) is 10.3. The number of benzene rings is 2. The van der Waals surface area contributed by atoms with E-state index in [1.807, 2.05) is 0 Å². The molecule has 0 fully saturated rings. The van der Waals surface area contributed by atoms with Crippen LogP contribution in [0.1, 0.15) is 6.92 Å². The van der Waals surface area contributed by atoms with Gasteiger partial charge in [-0.3, -0.25) is 14.5 Å². The number of nitrogens with zero attached hydrogens (tertiary/aromatic N) is 1. The quantitative estimate of drug-likeness (QED) is 0.807. The number of hydrogen-bond donors (Lipinski definition) is 1. The van der Waals surface area contributed by atoms with Crippen molar-refractivity contribution in [3.05, 3.63) is 47.0 Å². The minimum Gasteiger partial charge on any atom is -0.495 e. The molecule has 0 unspecified atom stereocenters. The summed E-state index contributed by atoms with van der Waals surface area (Å²) in [5, 5.41) is 2.79. The largest absolute Gasteiger partial charge is 0.495 e. The molecule has 2 rings (SSSR count). The average molecular weight is 399 g/mol. The lowest BCUT2D eigenvalue weighted by atomic mass is 10.2. The number of amides is 2. The summed E-state index contributed by atoms with van der Waals surface area (Å²) in [5.74, 6) is -2.77. The molecule has 0 radical (unpaired) electrons. The highest BCUT2D eigenvalue weighted by atomic mass is 35.5. The smallest absolute Gasteiger partial charge is 0.244 e. The Kier molecular flexibility index (Phi) is 6.57. The van der Waals surface area contributed by atoms with Gasteiger partial charge in [0.15, 0.2) is 0 Å². The third kappa shape index (κ3) is 4.65. The van der Waals surface area contributed by atoms with E-state index in [-0.39, 0.29) is 22.2 Å². The van der Waals surface area contributed by atoms with E-state index < -0.39 is 35.7 Å². The van der Waals surface area contributed by atoms with Gasteiger partial charge in [-0.2, -0.15) is 0 Å². The lowest BCUT2D eigenvalue weighted by molar-refractivity contribution is -0.120. The van der Waals surface area contributed by atoms with Crippen LogP contribution in [0.2, 0.25) is 5.02 Å². The van der Waals surface area contributed by atoms with Crippen LogP contribution in [0, 0.1) is 11.6 Å². The second kappa shape index (κ2) is 8.68. The Balaban J connectivity index is 2.29. The van der Waals surface area contributed by atoms with Crippen molar-refractivity contribution in [2.24, 2.45) is 0 Å². The van der Waals surface area contributed by atoms with Crippen molar-refractivity contribution in [2.75, 3.05) is 31.0 Å². The Hall–Kier alpha value is -2.87. The van der Waals surface area contributed by atoms with Gasteiger partial charge in [-0.25, -0.2) is 8.78 Å². The second-order valence-electron chi connectivity index (χ2n) is 5.41. The maximum atomic E-state index is 14.0. The first kappa shape index (κ1) is 20.4. The molecular weight excluding hydrogens is 382 g/mol. The van der Waals surface area contributed by atoms with Crippen LogP contribution in [-0.4, -0.2) is 32.6 Å². The predicted molar refractivity (Wildman–Crippen MR) is 97.6 cm³/mol. The molecule has 0 aromatic heterocycles. The van der Waals surface area contributed by atoms with Gasteiger partial charge in [0.05, 0.1) is 24.9 Å². The summed E-state index contributed by atoms with van der Waals surface area (Å²) in [7, 11) is 2.78. The molecule has 144 valence electrons. The molecule has 0 saturated heterocycles. The van der Waals surface area contributed by atoms with Gasteiger partial charge in [0.25, 0.3) is 0 Å². The fraction of sp³-hybridized carbons (Fsp3) is 0.222. The molecule has 6 nitrogen and oxygen atoms in total. The molecule has 0 aliphatic carbocycles.